The van der Waals surface area contributed by atoms with Gasteiger partial charge in [-0.1, -0.05) is 0 Å². The van der Waals surface area contributed by atoms with Gasteiger partial charge in [0.25, 0.3) is 11.7 Å². The summed E-state index contributed by atoms with van der Waals surface area (Å²) in [6, 6.07) is 2.39. The van der Waals surface area contributed by atoms with Gasteiger partial charge in [0.05, 0.1) is 24.5 Å². The van der Waals surface area contributed by atoms with Crippen LogP contribution in [0.4, 0.5) is 10.1 Å². The minimum Gasteiger partial charge on any atom is -0.379 e. The van der Waals surface area contributed by atoms with Crippen LogP contribution >= 0.6 is 15.9 Å². The smallest absolute Gasteiger partial charge is 0.299 e. The average Bonchev–Trinajstić information content (AvgIpc) is 2.71. The van der Waals surface area contributed by atoms with Gasteiger partial charge < -0.3 is 9.64 Å². The molecule has 0 aromatic heterocycles. The van der Waals surface area contributed by atoms with Crippen LogP contribution in [0.15, 0.2) is 16.6 Å². The number of ether oxygens (including phenoxy) is 1. The molecule has 1 aromatic rings. The molecule has 112 valence electrons. The highest BCUT2D eigenvalue weighted by molar-refractivity contribution is 9.10. The van der Waals surface area contributed by atoms with E-state index in [0.29, 0.717) is 36.5 Å². The van der Waals surface area contributed by atoms with Gasteiger partial charge in [-0.15, -0.1) is 0 Å². The molecule has 5 nitrogen and oxygen atoms in total. The molecule has 0 unspecified atom stereocenters. The highest BCUT2D eigenvalue weighted by atomic mass is 79.9. The molecule has 2 heterocycles. The summed E-state index contributed by atoms with van der Waals surface area (Å²) in [5.41, 5.74) is 0.605. The first-order valence-corrected chi connectivity index (χ1v) is 7.52. The highest BCUT2D eigenvalue weighted by Crippen LogP contribution is 2.36. The van der Waals surface area contributed by atoms with Gasteiger partial charge in [0.1, 0.15) is 5.82 Å². The Morgan fingerprint density at radius 1 is 1.19 bits per heavy atom. The molecule has 0 atom stereocenters. The maximum absolute atomic E-state index is 13.4. The molecule has 7 heteroatoms. The number of hydrogen-bond donors (Lipinski definition) is 0. The van der Waals surface area contributed by atoms with Gasteiger partial charge >= 0.3 is 0 Å². The lowest BCUT2D eigenvalue weighted by Gasteiger charge is -2.28. The number of hydrogen-bond acceptors (Lipinski definition) is 4. The number of ketones is 1. The van der Waals surface area contributed by atoms with Gasteiger partial charge in [-0.3, -0.25) is 14.5 Å². The largest absolute Gasteiger partial charge is 0.379 e. The lowest BCUT2D eigenvalue weighted by Crippen LogP contribution is -2.42. The summed E-state index contributed by atoms with van der Waals surface area (Å²) in [7, 11) is 0. The number of rotatable bonds is 3. The van der Waals surface area contributed by atoms with Crippen LogP contribution in [0.3, 0.4) is 0 Å². The van der Waals surface area contributed by atoms with Crippen LogP contribution in [0, 0.1) is 5.82 Å². The van der Waals surface area contributed by atoms with E-state index in [1.165, 1.54) is 11.0 Å². The minimum atomic E-state index is -0.646. The first kappa shape index (κ1) is 14.6. The summed E-state index contributed by atoms with van der Waals surface area (Å²) in [4.78, 5) is 27.6. The van der Waals surface area contributed by atoms with E-state index in [-0.39, 0.29) is 5.56 Å². The van der Waals surface area contributed by atoms with Crippen molar-refractivity contribution in [2.24, 2.45) is 0 Å². The van der Waals surface area contributed by atoms with Gasteiger partial charge in [-0.25, -0.2) is 4.39 Å². The Kier molecular flexibility index (Phi) is 4.05. The van der Waals surface area contributed by atoms with Gasteiger partial charge in [-0.05, 0) is 28.1 Å². The number of nitrogens with zero attached hydrogens (tertiary/aromatic N) is 2. The molecular formula is C14H14BrFN2O3. The Labute approximate surface area is 129 Å². The third-order valence-corrected chi connectivity index (χ3v) is 4.33. The van der Waals surface area contributed by atoms with Crippen molar-refractivity contribution in [2.75, 3.05) is 44.3 Å². The second-order valence-electron chi connectivity index (χ2n) is 5.02. The molecule has 2 aliphatic heterocycles. The quantitative estimate of drug-likeness (QED) is 0.769. The normalized spacial score (nSPS) is 19.2. The molecular weight excluding hydrogens is 343 g/mol. The van der Waals surface area contributed by atoms with E-state index >= 15 is 0 Å². The first-order valence-electron chi connectivity index (χ1n) is 6.73. The first-order chi connectivity index (χ1) is 10.1. The van der Waals surface area contributed by atoms with Crippen molar-refractivity contribution in [3.05, 3.63) is 28.0 Å². The van der Waals surface area contributed by atoms with Crippen molar-refractivity contribution in [3.63, 3.8) is 0 Å². The standard InChI is InChI=1S/C14H14BrFN2O3/c15-11-8-9(16)7-10-12(11)18(14(20)13(10)19)2-1-17-3-5-21-6-4-17/h7-8H,1-6H2. The molecule has 0 saturated carbocycles. The Morgan fingerprint density at radius 2 is 1.90 bits per heavy atom. The number of halogens is 2. The van der Waals surface area contributed by atoms with Crippen LogP contribution in [-0.4, -0.2) is 56.0 Å². The number of carbonyl (C=O) groups is 2. The third kappa shape index (κ3) is 2.73. The zero-order valence-corrected chi connectivity index (χ0v) is 12.9. The third-order valence-electron chi connectivity index (χ3n) is 3.73. The summed E-state index contributed by atoms with van der Waals surface area (Å²) in [6.45, 7) is 4.05. The Balaban J connectivity index is 1.80. The molecule has 1 fully saturated rings. The van der Waals surface area contributed by atoms with Crippen LogP contribution in [-0.2, 0) is 9.53 Å². The van der Waals surface area contributed by atoms with Crippen LogP contribution in [0.25, 0.3) is 0 Å². The minimum absolute atomic E-state index is 0.133. The second kappa shape index (κ2) is 5.82. The zero-order valence-electron chi connectivity index (χ0n) is 11.3. The SMILES string of the molecule is O=C1C(=O)N(CCN2CCOCC2)c2c(Br)cc(F)cc21. The van der Waals surface area contributed by atoms with E-state index < -0.39 is 17.5 Å². The van der Waals surface area contributed by atoms with Gasteiger partial charge in [0, 0.05) is 30.7 Å². The van der Waals surface area contributed by atoms with Crippen molar-refractivity contribution in [3.8, 4) is 0 Å². The summed E-state index contributed by atoms with van der Waals surface area (Å²) in [5.74, 6) is -1.77. The lowest BCUT2D eigenvalue weighted by molar-refractivity contribution is -0.114. The molecule has 1 amide bonds. The number of carbonyl (C=O) groups excluding carboxylic acids is 2. The maximum Gasteiger partial charge on any atom is 0.299 e. The zero-order chi connectivity index (χ0) is 15.0. The van der Waals surface area contributed by atoms with Crippen molar-refractivity contribution in [1.82, 2.24) is 4.90 Å². The molecule has 0 aliphatic carbocycles. The van der Waals surface area contributed by atoms with E-state index in [4.69, 9.17) is 4.74 Å². The summed E-state index contributed by atoms with van der Waals surface area (Å²) >= 11 is 3.24. The van der Waals surface area contributed by atoms with E-state index in [9.17, 15) is 14.0 Å². The second-order valence-corrected chi connectivity index (χ2v) is 5.88. The number of fused-ring (bicyclic) bond motifs is 1. The number of morpholine rings is 1. The predicted octanol–water partition coefficient (Wildman–Crippen LogP) is 1.45. The highest BCUT2D eigenvalue weighted by Gasteiger charge is 2.37. The van der Waals surface area contributed by atoms with E-state index in [1.54, 1.807) is 0 Å². The van der Waals surface area contributed by atoms with Crippen molar-refractivity contribution in [1.29, 1.82) is 0 Å². The molecule has 1 aromatic carbocycles. The number of amides is 1. The van der Waals surface area contributed by atoms with E-state index in [2.05, 4.69) is 20.8 Å². The van der Waals surface area contributed by atoms with Crippen molar-refractivity contribution >= 4 is 33.3 Å². The van der Waals surface area contributed by atoms with Crippen LogP contribution < -0.4 is 4.90 Å². The number of anilines is 1. The Morgan fingerprint density at radius 3 is 2.62 bits per heavy atom. The lowest BCUT2D eigenvalue weighted by atomic mass is 10.1. The fraction of sp³-hybridized carbons (Fsp3) is 0.429. The molecule has 0 radical (unpaired) electrons. The average molecular weight is 357 g/mol. The topological polar surface area (TPSA) is 49.9 Å². The fourth-order valence-corrected chi connectivity index (χ4v) is 3.28. The predicted molar refractivity (Wildman–Crippen MR) is 78.0 cm³/mol. The Bertz CT molecular complexity index is 602. The number of Topliss-reactive ketones (excluding diaryl/α,β-unsaturated/α-hetero) is 1. The molecule has 0 N–H and O–H groups in total. The van der Waals surface area contributed by atoms with Crippen LogP contribution in [0.2, 0.25) is 0 Å². The van der Waals surface area contributed by atoms with E-state index in [1.807, 2.05) is 0 Å². The Hall–Kier alpha value is -1.31. The summed E-state index contributed by atoms with van der Waals surface area (Å²) < 4.78 is 19.1. The van der Waals surface area contributed by atoms with Crippen LogP contribution in [0.5, 0.6) is 0 Å². The summed E-state index contributed by atoms with van der Waals surface area (Å²) in [5, 5.41) is 0. The van der Waals surface area contributed by atoms with Gasteiger partial charge in [0.2, 0.25) is 0 Å². The van der Waals surface area contributed by atoms with Gasteiger partial charge in [0.15, 0.2) is 0 Å². The van der Waals surface area contributed by atoms with Crippen molar-refractivity contribution in [2.45, 2.75) is 0 Å². The summed E-state index contributed by atoms with van der Waals surface area (Å²) in [6.07, 6.45) is 0. The monoisotopic (exact) mass is 356 g/mol. The fourth-order valence-electron chi connectivity index (χ4n) is 2.63. The number of benzene rings is 1. The molecule has 0 bridgehead atoms. The van der Waals surface area contributed by atoms with Crippen LogP contribution in [0.1, 0.15) is 10.4 Å². The maximum atomic E-state index is 13.4. The van der Waals surface area contributed by atoms with Crippen molar-refractivity contribution < 1.29 is 18.7 Å². The molecule has 21 heavy (non-hydrogen) atoms. The van der Waals surface area contributed by atoms with Gasteiger partial charge in [-0.2, -0.15) is 0 Å². The molecule has 0 spiro atoms. The molecule has 2 aliphatic rings. The van der Waals surface area contributed by atoms with E-state index in [0.717, 1.165) is 19.2 Å². The molecule has 1 saturated heterocycles. The molecule has 3 rings (SSSR count).